The molecule has 1 atom stereocenters. The minimum absolute atomic E-state index is 0.429. The number of carbonyl (C=O) groups is 1. The second-order valence-corrected chi connectivity index (χ2v) is 9.17. The summed E-state index contributed by atoms with van der Waals surface area (Å²) in [6, 6.07) is 7.05. The first-order chi connectivity index (χ1) is 18.1. The molecule has 3 aromatic heterocycles. The van der Waals surface area contributed by atoms with E-state index < -0.39 is 12.0 Å². The van der Waals surface area contributed by atoms with Gasteiger partial charge >= 0.3 is 5.97 Å². The lowest BCUT2D eigenvalue weighted by Crippen LogP contribution is -2.37. The number of methoxy groups -OCH3 is 1. The Labute approximate surface area is 217 Å². The Morgan fingerprint density at radius 1 is 1.27 bits per heavy atom. The van der Waals surface area contributed by atoms with Gasteiger partial charge in [-0.2, -0.15) is 5.10 Å². The van der Waals surface area contributed by atoms with Gasteiger partial charge in [0.25, 0.3) is 0 Å². The van der Waals surface area contributed by atoms with Crippen molar-refractivity contribution in [1.29, 1.82) is 0 Å². The normalized spacial score (nSPS) is 13.7. The number of unbranched alkanes of at least 4 members (excludes halogenated alkanes) is 1. The zero-order valence-corrected chi connectivity index (χ0v) is 21.3. The van der Waals surface area contributed by atoms with Gasteiger partial charge in [0.15, 0.2) is 5.82 Å². The molecule has 3 aromatic rings. The van der Waals surface area contributed by atoms with Crippen LogP contribution in [0, 0.1) is 0 Å². The standard InChI is InChI=1S/C26H36N8O3/c1-37-17-16-33(13-3-2-7-21-9-8-20-6-4-11-27-25(20)31-21)15-10-22(26(35)36)32-23-18-24(29-19-28-23)34-14-5-12-30-34/h5,8-9,12,14,18-19,22H,2-4,6-7,10-11,13,15-17H2,1H3,(H,27,31)(H,35,36)(H,28,29,32). The van der Waals surface area contributed by atoms with Gasteiger partial charge in [-0.15, -0.1) is 0 Å². The van der Waals surface area contributed by atoms with E-state index in [-0.39, 0.29) is 0 Å². The third-order valence-corrected chi connectivity index (χ3v) is 6.47. The average molecular weight is 509 g/mol. The van der Waals surface area contributed by atoms with Crippen LogP contribution in [0.2, 0.25) is 0 Å². The summed E-state index contributed by atoms with van der Waals surface area (Å²) >= 11 is 0. The Morgan fingerprint density at radius 3 is 3.00 bits per heavy atom. The molecule has 0 aromatic carbocycles. The molecular formula is C26H36N8O3. The second-order valence-electron chi connectivity index (χ2n) is 9.17. The number of anilines is 2. The summed E-state index contributed by atoms with van der Waals surface area (Å²) in [5.74, 6) is 1.14. The van der Waals surface area contributed by atoms with Gasteiger partial charge < -0.3 is 25.4 Å². The van der Waals surface area contributed by atoms with Crippen molar-refractivity contribution in [3.8, 4) is 5.82 Å². The van der Waals surface area contributed by atoms with Gasteiger partial charge in [-0.3, -0.25) is 0 Å². The highest BCUT2D eigenvalue weighted by Crippen LogP contribution is 2.20. The first-order valence-corrected chi connectivity index (χ1v) is 12.9. The van der Waals surface area contributed by atoms with E-state index in [4.69, 9.17) is 9.72 Å². The number of aliphatic carboxylic acids is 1. The predicted molar refractivity (Wildman–Crippen MR) is 141 cm³/mol. The van der Waals surface area contributed by atoms with Crippen molar-refractivity contribution < 1.29 is 14.6 Å². The number of fused-ring (bicyclic) bond motifs is 1. The molecule has 0 spiro atoms. The summed E-state index contributed by atoms with van der Waals surface area (Å²) in [6.45, 7) is 3.84. The number of nitrogens with zero attached hydrogens (tertiary/aromatic N) is 6. The number of pyridine rings is 1. The maximum atomic E-state index is 12.0. The summed E-state index contributed by atoms with van der Waals surface area (Å²) in [4.78, 5) is 27.4. The van der Waals surface area contributed by atoms with Crippen molar-refractivity contribution in [3.05, 3.63) is 54.2 Å². The first-order valence-electron chi connectivity index (χ1n) is 12.9. The predicted octanol–water partition coefficient (Wildman–Crippen LogP) is 2.64. The van der Waals surface area contributed by atoms with Crippen LogP contribution in [-0.2, 0) is 22.4 Å². The Kier molecular flexibility index (Phi) is 9.78. The zero-order chi connectivity index (χ0) is 25.9. The molecule has 198 valence electrons. The van der Waals surface area contributed by atoms with Crippen LogP contribution < -0.4 is 10.6 Å². The maximum Gasteiger partial charge on any atom is 0.326 e. The van der Waals surface area contributed by atoms with E-state index >= 15 is 0 Å². The van der Waals surface area contributed by atoms with Crippen LogP contribution in [-0.4, -0.2) is 86.6 Å². The zero-order valence-electron chi connectivity index (χ0n) is 21.3. The van der Waals surface area contributed by atoms with Gasteiger partial charge in [-0.25, -0.2) is 24.4 Å². The molecule has 37 heavy (non-hydrogen) atoms. The summed E-state index contributed by atoms with van der Waals surface area (Å²) in [5.41, 5.74) is 2.42. The van der Waals surface area contributed by atoms with Crippen molar-refractivity contribution in [2.24, 2.45) is 0 Å². The highest BCUT2D eigenvalue weighted by molar-refractivity contribution is 5.76. The van der Waals surface area contributed by atoms with Gasteiger partial charge in [-0.05, 0) is 62.8 Å². The maximum absolute atomic E-state index is 12.0. The van der Waals surface area contributed by atoms with Crippen molar-refractivity contribution >= 4 is 17.6 Å². The van der Waals surface area contributed by atoms with Crippen molar-refractivity contribution in [2.75, 3.05) is 50.5 Å². The van der Waals surface area contributed by atoms with Gasteiger partial charge in [-0.1, -0.05) is 6.07 Å². The van der Waals surface area contributed by atoms with Crippen LogP contribution in [0.1, 0.15) is 36.9 Å². The molecule has 0 amide bonds. The average Bonchev–Trinajstić information content (AvgIpc) is 3.46. The lowest BCUT2D eigenvalue weighted by molar-refractivity contribution is -0.138. The van der Waals surface area contributed by atoms with Crippen LogP contribution in [0.3, 0.4) is 0 Å². The van der Waals surface area contributed by atoms with Gasteiger partial charge in [0.2, 0.25) is 0 Å². The van der Waals surface area contributed by atoms with Gasteiger partial charge in [0.05, 0.1) is 6.61 Å². The number of hydrogen-bond acceptors (Lipinski definition) is 9. The summed E-state index contributed by atoms with van der Waals surface area (Å²) in [7, 11) is 1.68. The summed E-state index contributed by atoms with van der Waals surface area (Å²) in [6.07, 6.45) is 10.5. The summed E-state index contributed by atoms with van der Waals surface area (Å²) in [5, 5.41) is 20.4. The topological polar surface area (TPSA) is 130 Å². The smallest absolute Gasteiger partial charge is 0.326 e. The number of nitrogens with one attached hydrogen (secondary N) is 2. The largest absolute Gasteiger partial charge is 0.480 e. The second kappa shape index (κ2) is 13.7. The van der Waals surface area contributed by atoms with Crippen LogP contribution in [0.5, 0.6) is 0 Å². The number of rotatable bonds is 15. The third kappa shape index (κ3) is 7.96. The van der Waals surface area contributed by atoms with Crippen molar-refractivity contribution in [2.45, 2.75) is 44.6 Å². The monoisotopic (exact) mass is 508 g/mol. The first kappa shape index (κ1) is 26.5. The highest BCUT2D eigenvalue weighted by atomic mass is 16.5. The number of aromatic nitrogens is 5. The fraction of sp³-hybridized carbons (Fsp3) is 0.500. The Bertz CT molecular complexity index is 1120. The molecule has 3 N–H and O–H groups in total. The number of carboxylic acid groups (broad SMARTS) is 1. The molecule has 11 heteroatoms. The van der Waals surface area contributed by atoms with E-state index in [1.807, 2.05) is 0 Å². The Hall–Kier alpha value is -3.57. The highest BCUT2D eigenvalue weighted by Gasteiger charge is 2.20. The van der Waals surface area contributed by atoms with Crippen molar-refractivity contribution in [1.82, 2.24) is 29.6 Å². The fourth-order valence-corrected chi connectivity index (χ4v) is 4.41. The fourth-order valence-electron chi connectivity index (χ4n) is 4.41. The van der Waals surface area contributed by atoms with Gasteiger partial charge in [0.1, 0.15) is 24.0 Å². The van der Waals surface area contributed by atoms with Crippen molar-refractivity contribution in [3.63, 3.8) is 0 Å². The lowest BCUT2D eigenvalue weighted by atomic mass is 10.1. The Balaban J connectivity index is 1.27. The van der Waals surface area contributed by atoms with E-state index in [1.165, 1.54) is 11.9 Å². The number of carboxylic acids is 1. The molecule has 0 saturated heterocycles. The quantitative estimate of drug-likeness (QED) is 0.263. The SMILES string of the molecule is COCCN(CCCCc1ccc2c(n1)NCCC2)CCC(Nc1cc(-n2cccn2)ncn1)C(=O)O. The number of hydrogen-bond donors (Lipinski definition) is 3. The van der Waals surface area contributed by atoms with Crippen LogP contribution in [0.15, 0.2) is 43.0 Å². The molecule has 0 bridgehead atoms. The van der Waals surface area contributed by atoms with Gasteiger partial charge in [0, 0.05) is 50.9 Å². The molecule has 1 unspecified atom stereocenters. The molecule has 0 fully saturated rings. The molecule has 4 heterocycles. The van der Waals surface area contributed by atoms with E-state index in [2.05, 4.69) is 42.7 Å². The molecule has 1 aliphatic rings. The minimum Gasteiger partial charge on any atom is -0.480 e. The molecule has 1 aliphatic heterocycles. The van der Waals surface area contributed by atoms with Crippen LogP contribution in [0.4, 0.5) is 11.6 Å². The van der Waals surface area contributed by atoms with Crippen LogP contribution >= 0.6 is 0 Å². The third-order valence-electron chi connectivity index (χ3n) is 6.47. The van der Waals surface area contributed by atoms with E-state index in [1.54, 1.807) is 36.3 Å². The van der Waals surface area contributed by atoms with Crippen LogP contribution in [0.25, 0.3) is 5.82 Å². The van der Waals surface area contributed by atoms with E-state index in [9.17, 15) is 9.90 Å². The Morgan fingerprint density at radius 2 is 2.19 bits per heavy atom. The molecule has 0 saturated carbocycles. The number of ether oxygens (including phenoxy) is 1. The molecule has 0 aliphatic carbocycles. The molecular weight excluding hydrogens is 472 g/mol. The minimum atomic E-state index is -0.918. The van der Waals surface area contributed by atoms with E-state index in [0.29, 0.717) is 31.2 Å². The molecule has 0 radical (unpaired) electrons. The molecule has 11 nitrogen and oxygen atoms in total. The summed E-state index contributed by atoms with van der Waals surface area (Å²) < 4.78 is 6.89. The number of aryl methyl sites for hydroxylation is 2. The molecule has 4 rings (SSSR count). The lowest BCUT2D eigenvalue weighted by Gasteiger charge is -2.24. The van der Waals surface area contributed by atoms with E-state index in [0.717, 1.165) is 63.3 Å².